The van der Waals surface area contributed by atoms with Crippen molar-refractivity contribution in [3.8, 4) is 11.3 Å². The molecule has 1 atom stereocenters. The standard InChI is InChI=1S/C18H18FNO/c1-3-20-12(2)15-9-8-14(19)11-16(15)18-10-13-6-4-5-7-17(13)21-18/h4-12,20H,3H2,1-2H3. The summed E-state index contributed by atoms with van der Waals surface area (Å²) in [5.41, 5.74) is 2.66. The zero-order chi connectivity index (χ0) is 14.8. The van der Waals surface area contributed by atoms with Gasteiger partial charge >= 0.3 is 0 Å². The summed E-state index contributed by atoms with van der Waals surface area (Å²) in [7, 11) is 0. The van der Waals surface area contributed by atoms with Crippen LogP contribution in [0.3, 0.4) is 0 Å². The third kappa shape index (κ3) is 2.69. The predicted octanol–water partition coefficient (Wildman–Crippen LogP) is 4.91. The number of furan rings is 1. The van der Waals surface area contributed by atoms with Crippen molar-refractivity contribution in [2.75, 3.05) is 6.54 Å². The highest BCUT2D eigenvalue weighted by atomic mass is 19.1. The lowest BCUT2D eigenvalue weighted by Crippen LogP contribution is -2.18. The Morgan fingerprint density at radius 2 is 1.95 bits per heavy atom. The number of nitrogens with one attached hydrogen (secondary N) is 1. The van der Waals surface area contributed by atoms with Crippen LogP contribution in [0.25, 0.3) is 22.3 Å². The average molecular weight is 283 g/mol. The van der Waals surface area contributed by atoms with Gasteiger partial charge in [-0.3, -0.25) is 0 Å². The Morgan fingerprint density at radius 1 is 1.14 bits per heavy atom. The van der Waals surface area contributed by atoms with Gasteiger partial charge in [-0.2, -0.15) is 0 Å². The normalized spacial score (nSPS) is 12.7. The fraction of sp³-hybridized carbons (Fsp3) is 0.222. The summed E-state index contributed by atoms with van der Waals surface area (Å²) in [6.07, 6.45) is 0. The van der Waals surface area contributed by atoms with E-state index >= 15 is 0 Å². The molecule has 0 amide bonds. The van der Waals surface area contributed by atoms with Gasteiger partial charge in [0.25, 0.3) is 0 Å². The van der Waals surface area contributed by atoms with Crippen molar-refractivity contribution in [2.24, 2.45) is 0 Å². The molecule has 0 aliphatic heterocycles. The van der Waals surface area contributed by atoms with Crippen LogP contribution in [0, 0.1) is 5.82 Å². The third-order valence-electron chi connectivity index (χ3n) is 3.68. The van der Waals surface area contributed by atoms with Gasteiger partial charge < -0.3 is 9.73 Å². The molecule has 2 aromatic carbocycles. The first-order valence-corrected chi connectivity index (χ1v) is 7.21. The van der Waals surface area contributed by atoms with E-state index in [-0.39, 0.29) is 11.9 Å². The number of para-hydroxylation sites is 1. The molecule has 3 aromatic rings. The van der Waals surface area contributed by atoms with Crippen molar-refractivity contribution in [3.05, 3.63) is 59.9 Å². The van der Waals surface area contributed by atoms with Gasteiger partial charge in [-0.05, 0) is 43.3 Å². The number of halogens is 1. The van der Waals surface area contributed by atoms with Gasteiger partial charge in [-0.1, -0.05) is 31.2 Å². The van der Waals surface area contributed by atoms with Gasteiger partial charge in [0.05, 0.1) is 0 Å². The first kappa shape index (κ1) is 13.8. The molecule has 2 nitrogen and oxygen atoms in total. The highest BCUT2D eigenvalue weighted by molar-refractivity contribution is 5.83. The summed E-state index contributed by atoms with van der Waals surface area (Å²) in [6.45, 7) is 4.99. The smallest absolute Gasteiger partial charge is 0.135 e. The molecule has 108 valence electrons. The van der Waals surface area contributed by atoms with Crippen molar-refractivity contribution in [1.29, 1.82) is 0 Å². The summed E-state index contributed by atoms with van der Waals surface area (Å²) in [5.74, 6) is 0.452. The summed E-state index contributed by atoms with van der Waals surface area (Å²) in [6, 6.07) is 14.8. The summed E-state index contributed by atoms with van der Waals surface area (Å²) < 4.78 is 19.6. The van der Waals surface area contributed by atoms with E-state index < -0.39 is 0 Å². The van der Waals surface area contributed by atoms with Crippen LogP contribution in [0.1, 0.15) is 25.5 Å². The highest BCUT2D eigenvalue weighted by Gasteiger charge is 2.15. The zero-order valence-corrected chi connectivity index (χ0v) is 12.2. The predicted molar refractivity (Wildman–Crippen MR) is 83.7 cm³/mol. The Morgan fingerprint density at radius 3 is 2.71 bits per heavy atom. The van der Waals surface area contributed by atoms with Crippen LogP contribution < -0.4 is 5.32 Å². The van der Waals surface area contributed by atoms with Gasteiger partial charge in [0, 0.05) is 17.0 Å². The topological polar surface area (TPSA) is 25.2 Å². The van der Waals surface area contributed by atoms with Crippen molar-refractivity contribution >= 4 is 11.0 Å². The largest absolute Gasteiger partial charge is 0.456 e. The number of hydrogen-bond donors (Lipinski definition) is 1. The fourth-order valence-electron chi connectivity index (χ4n) is 2.65. The molecular formula is C18H18FNO. The quantitative estimate of drug-likeness (QED) is 0.736. The summed E-state index contributed by atoms with van der Waals surface area (Å²) in [5, 5.41) is 4.39. The molecule has 0 aliphatic carbocycles. The summed E-state index contributed by atoms with van der Waals surface area (Å²) in [4.78, 5) is 0. The van der Waals surface area contributed by atoms with Crippen molar-refractivity contribution in [1.82, 2.24) is 5.32 Å². The third-order valence-corrected chi connectivity index (χ3v) is 3.68. The molecule has 0 spiro atoms. The fourth-order valence-corrected chi connectivity index (χ4v) is 2.65. The van der Waals surface area contributed by atoms with Gasteiger partial charge in [-0.15, -0.1) is 0 Å². The molecule has 0 saturated carbocycles. The lowest BCUT2D eigenvalue weighted by molar-refractivity contribution is 0.585. The first-order chi connectivity index (χ1) is 10.2. The Hall–Kier alpha value is -2.13. The minimum Gasteiger partial charge on any atom is -0.456 e. The van der Waals surface area contributed by atoms with Gasteiger partial charge in [-0.25, -0.2) is 4.39 Å². The maximum Gasteiger partial charge on any atom is 0.135 e. The zero-order valence-electron chi connectivity index (χ0n) is 12.2. The van der Waals surface area contributed by atoms with Crippen LogP contribution in [0.15, 0.2) is 52.9 Å². The molecule has 1 unspecified atom stereocenters. The monoisotopic (exact) mass is 283 g/mol. The van der Waals surface area contributed by atoms with E-state index in [4.69, 9.17) is 4.42 Å². The Balaban J connectivity index is 2.13. The Bertz CT molecular complexity index is 730. The van der Waals surface area contributed by atoms with Crippen LogP contribution in [0.5, 0.6) is 0 Å². The Labute approximate surface area is 123 Å². The molecule has 0 radical (unpaired) electrons. The lowest BCUT2D eigenvalue weighted by atomic mass is 9.99. The number of fused-ring (bicyclic) bond motifs is 1. The molecule has 0 saturated heterocycles. The molecular weight excluding hydrogens is 265 g/mol. The van der Waals surface area contributed by atoms with Crippen LogP contribution in [-0.2, 0) is 0 Å². The molecule has 0 bridgehead atoms. The highest BCUT2D eigenvalue weighted by Crippen LogP contribution is 2.33. The van der Waals surface area contributed by atoms with Crippen LogP contribution in [0.2, 0.25) is 0 Å². The average Bonchev–Trinajstić information content (AvgIpc) is 2.91. The van der Waals surface area contributed by atoms with Crippen molar-refractivity contribution in [2.45, 2.75) is 19.9 Å². The minimum atomic E-state index is -0.252. The molecule has 1 aromatic heterocycles. The maximum absolute atomic E-state index is 13.7. The second-order valence-electron chi connectivity index (χ2n) is 5.16. The molecule has 1 N–H and O–H groups in total. The first-order valence-electron chi connectivity index (χ1n) is 7.21. The number of hydrogen-bond acceptors (Lipinski definition) is 2. The molecule has 3 rings (SSSR count). The maximum atomic E-state index is 13.7. The molecule has 21 heavy (non-hydrogen) atoms. The van der Waals surface area contributed by atoms with E-state index in [1.54, 1.807) is 6.07 Å². The van der Waals surface area contributed by atoms with E-state index in [1.807, 2.05) is 36.4 Å². The number of benzene rings is 2. The van der Waals surface area contributed by atoms with E-state index in [2.05, 4.69) is 19.2 Å². The summed E-state index contributed by atoms with van der Waals surface area (Å²) >= 11 is 0. The van der Waals surface area contributed by atoms with Crippen LogP contribution >= 0.6 is 0 Å². The van der Waals surface area contributed by atoms with Gasteiger partial charge in [0.2, 0.25) is 0 Å². The van der Waals surface area contributed by atoms with E-state index in [0.29, 0.717) is 5.76 Å². The van der Waals surface area contributed by atoms with E-state index in [0.717, 1.165) is 28.6 Å². The van der Waals surface area contributed by atoms with Crippen molar-refractivity contribution < 1.29 is 8.81 Å². The van der Waals surface area contributed by atoms with Crippen LogP contribution in [-0.4, -0.2) is 6.54 Å². The second-order valence-corrected chi connectivity index (χ2v) is 5.16. The molecule has 3 heteroatoms. The van der Waals surface area contributed by atoms with Crippen molar-refractivity contribution in [3.63, 3.8) is 0 Å². The minimum absolute atomic E-state index is 0.138. The van der Waals surface area contributed by atoms with Crippen LogP contribution in [0.4, 0.5) is 4.39 Å². The second kappa shape index (κ2) is 5.70. The molecule has 0 fully saturated rings. The van der Waals surface area contributed by atoms with Gasteiger partial charge in [0.15, 0.2) is 0 Å². The molecule has 1 heterocycles. The van der Waals surface area contributed by atoms with E-state index in [9.17, 15) is 4.39 Å². The SMILES string of the molecule is CCNC(C)c1ccc(F)cc1-c1cc2ccccc2o1. The van der Waals surface area contributed by atoms with E-state index in [1.165, 1.54) is 6.07 Å². The number of rotatable bonds is 4. The molecule has 0 aliphatic rings. The van der Waals surface area contributed by atoms with Gasteiger partial charge in [0.1, 0.15) is 17.2 Å². The Kier molecular flexibility index (Phi) is 3.76. The lowest BCUT2D eigenvalue weighted by Gasteiger charge is -2.16.